The van der Waals surface area contributed by atoms with E-state index >= 15 is 0 Å². The molecule has 0 saturated heterocycles. The van der Waals surface area contributed by atoms with Crippen LogP contribution in [0.25, 0.3) is 0 Å². The van der Waals surface area contributed by atoms with E-state index in [0.29, 0.717) is 6.61 Å². The number of hydrogen-bond acceptors (Lipinski definition) is 4. The molecular weight excluding hydrogens is 194 g/mol. The first kappa shape index (κ1) is 11.7. The molecule has 1 aromatic rings. The monoisotopic (exact) mass is 209 g/mol. The number of carbonyl (C=O) groups excluding carboxylic acids is 1. The normalized spacial score (nSPS) is 12.1. The molecule has 4 heteroatoms. The second-order valence-corrected chi connectivity index (χ2v) is 3.10. The number of ether oxygens (including phenoxy) is 1. The van der Waals surface area contributed by atoms with E-state index in [1.807, 2.05) is 30.3 Å². The minimum Gasteiger partial charge on any atom is -0.466 e. The molecule has 0 spiro atoms. The summed E-state index contributed by atoms with van der Waals surface area (Å²) in [5, 5.41) is 8.94. The van der Waals surface area contributed by atoms with Gasteiger partial charge >= 0.3 is 5.97 Å². The maximum absolute atomic E-state index is 11.2. The van der Waals surface area contributed by atoms with Gasteiger partial charge in [0.1, 0.15) is 0 Å². The second-order valence-electron chi connectivity index (χ2n) is 3.10. The standard InChI is InChI=1S/C11H15NO3/c1-2-15-11(13)8-10(12-14)9-6-4-3-5-7-9/h3-7,10,12,14H,2,8H2,1H3/t10-/m0/s1. The van der Waals surface area contributed by atoms with E-state index in [0.717, 1.165) is 5.56 Å². The minimum atomic E-state index is -0.412. The highest BCUT2D eigenvalue weighted by Gasteiger charge is 2.15. The predicted molar refractivity (Wildman–Crippen MR) is 55.4 cm³/mol. The van der Waals surface area contributed by atoms with Crippen LogP contribution in [0, 0.1) is 0 Å². The van der Waals surface area contributed by atoms with E-state index in [9.17, 15) is 4.79 Å². The Balaban J connectivity index is 2.61. The SMILES string of the molecule is CCOC(=O)C[C@H](NO)c1ccccc1. The third-order valence-electron chi connectivity index (χ3n) is 2.03. The van der Waals surface area contributed by atoms with Crippen LogP contribution in [0.15, 0.2) is 30.3 Å². The number of hydroxylamine groups is 1. The van der Waals surface area contributed by atoms with E-state index in [2.05, 4.69) is 5.48 Å². The van der Waals surface area contributed by atoms with Gasteiger partial charge in [-0.1, -0.05) is 30.3 Å². The summed E-state index contributed by atoms with van der Waals surface area (Å²) < 4.78 is 4.81. The van der Waals surface area contributed by atoms with Crippen LogP contribution in [0.4, 0.5) is 0 Å². The van der Waals surface area contributed by atoms with Gasteiger partial charge in [0.25, 0.3) is 0 Å². The Morgan fingerprint density at radius 1 is 1.47 bits per heavy atom. The molecule has 82 valence electrons. The average Bonchev–Trinajstić information content (AvgIpc) is 2.27. The summed E-state index contributed by atoms with van der Waals surface area (Å²) in [7, 11) is 0. The first-order chi connectivity index (χ1) is 7.27. The largest absolute Gasteiger partial charge is 0.466 e. The number of hydrogen-bond donors (Lipinski definition) is 2. The van der Waals surface area contributed by atoms with Gasteiger partial charge in [0, 0.05) is 0 Å². The third kappa shape index (κ3) is 3.69. The van der Waals surface area contributed by atoms with Crippen LogP contribution in [0.5, 0.6) is 0 Å². The first-order valence-electron chi connectivity index (χ1n) is 4.88. The Bertz CT molecular complexity index is 300. The van der Waals surface area contributed by atoms with Gasteiger partial charge in [-0.15, -0.1) is 0 Å². The van der Waals surface area contributed by atoms with Crippen LogP contribution in [0.2, 0.25) is 0 Å². The Morgan fingerprint density at radius 2 is 2.13 bits per heavy atom. The zero-order valence-electron chi connectivity index (χ0n) is 8.64. The van der Waals surface area contributed by atoms with Gasteiger partial charge in [0.2, 0.25) is 0 Å². The molecule has 0 heterocycles. The third-order valence-corrected chi connectivity index (χ3v) is 2.03. The summed E-state index contributed by atoms with van der Waals surface area (Å²) in [6.45, 7) is 2.10. The Kier molecular flexibility index (Phi) is 4.80. The van der Waals surface area contributed by atoms with Crippen molar-refractivity contribution in [1.82, 2.24) is 5.48 Å². The number of carbonyl (C=O) groups is 1. The van der Waals surface area contributed by atoms with Crippen molar-refractivity contribution < 1.29 is 14.7 Å². The van der Waals surface area contributed by atoms with Crippen LogP contribution < -0.4 is 5.48 Å². The Hall–Kier alpha value is -1.39. The summed E-state index contributed by atoms with van der Waals surface area (Å²) in [5.41, 5.74) is 2.96. The van der Waals surface area contributed by atoms with Crippen LogP contribution in [-0.2, 0) is 9.53 Å². The van der Waals surface area contributed by atoms with Gasteiger partial charge in [-0.25, -0.2) is 0 Å². The molecule has 0 amide bonds. The average molecular weight is 209 g/mol. The molecule has 0 aromatic heterocycles. The fraction of sp³-hybridized carbons (Fsp3) is 0.364. The molecule has 0 unspecified atom stereocenters. The summed E-state index contributed by atoms with van der Waals surface area (Å²) in [4.78, 5) is 11.2. The molecule has 1 aromatic carbocycles. The van der Waals surface area contributed by atoms with Gasteiger partial charge in [0.15, 0.2) is 0 Å². The molecule has 0 aliphatic rings. The van der Waals surface area contributed by atoms with Gasteiger partial charge in [-0.05, 0) is 12.5 Å². The number of rotatable bonds is 5. The van der Waals surface area contributed by atoms with Gasteiger partial charge in [0.05, 0.1) is 19.1 Å². The highest BCUT2D eigenvalue weighted by Crippen LogP contribution is 2.16. The number of benzene rings is 1. The van der Waals surface area contributed by atoms with Crippen molar-refractivity contribution in [3.63, 3.8) is 0 Å². The molecule has 0 bridgehead atoms. The molecule has 0 fully saturated rings. The van der Waals surface area contributed by atoms with E-state index in [1.54, 1.807) is 6.92 Å². The van der Waals surface area contributed by atoms with E-state index in [4.69, 9.17) is 9.94 Å². The molecule has 0 aliphatic heterocycles. The van der Waals surface area contributed by atoms with Crippen molar-refractivity contribution in [2.75, 3.05) is 6.61 Å². The van der Waals surface area contributed by atoms with Crippen molar-refractivity contribution in [2.45, 2.75) is 19.4 Å². The van der Waals surface area contributed by atoms with Crippen molar-refractivity contribution in [3.05, 3.63) is 35.9 Å². The topological polar surface area (TPSA) is 58.6 Å². The molecule has 1 rings (SSSR count). The molecule has 1 atom stereocenters. The van der Waals surface area contributed by atoms with Crippen molar-refractivity contribution in [2.24, 2.45) is 0 Å². The summed E-state index contributed by atoms with van der Waals surface area (Å²) in [5.74, 6) is -0.326. The smallest absolute Gasteiger partial charge is 0.307 e. The van der Waals surface area contributed by atoms with Crippen molar-refractivity contribution in [1.29, 1.82) is 0 Å². The molecule has 15 heavy (non-hydrogen) atoms. The maximum Gasteiger partial charge on any atom is 0.307 e. The van der Waals surface area contributed by atoms with Gasteiger partial charge in [-0.2, -0.15) is 5.48 Å². The van der Waals surface area contributed by atoms with Crippen molar-refractivity contribution in [3.8, 4) is 0 Å². The predicted octanol–water partition coefficient (Wildman–Crippen LogP) is 1.66. The second kappa shape index (κ2) is 6.16. The molecule has 2 N–H and O–H groups in total. The summed E-state index contributed by atoms with van der Waals surface area (Å²) in [6, 6.07) is 8.85. The lowest BCUT2D eigenvalue weighted by Gasteiger charge is -2.14. The lowest BCUT2D eigenvalue weighted by Crippen LogP contribution is -2.21. The fourth-order valence-corrected chi connectivity index (χ4v) is 1.31. The van der Waals surface area contributed by atoms with Crippen LogP contribution >= 0.6 is 0 Å². The summed E-state index contributed by atoms with van der Waals surface area (Å²) >= 11 is 0. The van der Waals surface area contributed by atoms with Gasteiger partial charge in [-0.3, -0.25) is 4.79 Å². The van der Waals surface area contributed by atoms with E-state index in [-0.39, 0.29) is 12.4 Å². The molecule has 0 aliphatic carbocycles. The molecule has 4 nitrogen and oxygen atoms in total. The zero-order valence-corrected chi connectivity index (χ0v) is 8.64. The van der Waals surface area contributed by atoms with Crippen molar-refractivity contribution >= 4 is 5.97 Å². The van der Waals surface area contributed by atoms with Crippen LogP contribution in [0.1, 0.15) is 24.9 Å². The number of esters is 1. The minimum absolute atomic E-state index is 0.119. The lowest BCUT2D eigenvalue weighted by atomic mass is 10.1. The summed E-state index contributed by atoms with van der Waals surface area (Å²) in [6.07, 6.45) is 0.119. The number of nitrogens with one attached hydrogen (secondary N) is 1. The quantitative estimate of drug-likeness (QED) is 0.572. The maximum atomic E-state index is 11.2. The van der Waals surface area contributed by atoms with E-state index in [1.165, 1.54) is 0 Å². The Labute approximate surface area is 88.8 Å². The molecular formula is C11H15NO3. The molecule has 0 saturated carbocycles. The molecule has 0 radical (unpaired) electrons. The highest BCUT2D eigenvalue weighted by atomic mass is 16.5. The Morgan fingerprint density at radius 3 is 2.67 bits per heavy atom. The van der Waals surface area contributed by atoms with Crippen LogP contribution in [-0.4, -0.2) is 17.8 Å². The first-order valence-corrected chi connectivity index (χ1v) is 4.88. The lowest BCUT2D eigenvalue weighted by molar-refractivity contribution is -0.144. The fourth-order valence-electron chi connectivity index (χ4n) is 1.31. The van der Waals surface area contributed by atoms with E-state index < -0.39 is 6.04 Å². The zero-order chi connectivity index (χ0) is 11.1. The van der Waals surface area contributed by atoms with Crippen LogP contribution in [0.3, 0.4) is 0 Å². The van der Waals surface area contributed by atoms with Gasteiger partial charge < -0.3 is 9.94 Å². The highest BCUT2D eigenvalue weighted by molar-refractivity contribution is 5.70.